The van der Waals surface area contributed by atoms with Gasteiger partial charge in [-0.05, 0) is 96.9 Å². The van der Waals surface area contributed by atoms with Crippen molar-refractivity contribution in [3.8, 4) is 5.75 Å². The van der Waals surface area contributed by atoms with Gasteiger partial charge in [0.2, 0.25) is 11.8 Å². The number of ether oxygens (including phenoxy) is 3. The number of aryl methyl sites for hydroxylation is 2. The van der Waals surface area contributed by atoms with E-state index in [0.717, 1.165) is 46.2 Å². The Morgan fingerprint density at radius 1 is 1.15 bits per heavy atom. The average molecular weight is 547 g/mol. The van der Waals surface area contributed by atoms with Crippen molar-refractivity contribution in [1.82, 2.24) is 9.88 Å². The predicted octanol–water partition coefficient (Wildman–Crippen LogP) is 4.45. The molecule has 9 nitrogen and oxygen atoms in total. The first kappa shape index (κ1) is 27.7. The van der Waals surface area contributed by atoms with Gasteiger partial charge in [-0.15, -0.1) is 0 Å². The summed E-state index contributed by atoms with van der Waals surface area (Å²) in [6, 6.07) is 9.68. The van der Waals surface area contributed by atoms with Crippen LogP contribution >= 0.6 is 0 Å². The number of nitrogens with zero attached hydrogens (tertiary/aromatic N) is 2. The Labute approximate surface area is 233 Å². The Balaban J connectivity index is 1.44. The molecule has 1 aliphatic carbocycles. The molecule has 3 amide bonds. The van der Waals surface area contributed by atoms with Gasteiger partial charge in [0.05, 0.1) is 44.0 Å². The molecule has 3 aliphatic rings. The highest BCUT2D eigenvalue weighted by Gasteiger charge is 2.58. The van der Waals surface area contributed by atoms with Gasteiger partial charge in [-0.1, -0.05) is 6.07 Å². The van der Waals surface area contributed by atoms with Crippen LogP contribution in [-0.4, -0.2) is 66.4 Å². The standard InChI is InChI=1S/C31H34N2O7/c1-17-11-19(12-18(2)28(17)34)13-20(24-7-5-6-10-32-24)8-9-25-26-21(15-38-3)14-22-27(23(26)16-40-25)30(36)33(29(22)35)31(37)39-4/h5-7,10-13,22-23,25,27,34H,8-9,14-16H2,1-4H3/b20-13-/t22-,23+,25-,27-/m1/s1. The van der Waals surface area contributed by atoms with Crippen LogP contribution < -0.4 is 0 Å². The van der Waals surface area contributed by atoms with Gasteiger partial charge in [-0.3, -0.25) is 14.6 Å². The van der Waals surface area contributed by atoms with Crippen LogP contribution in [0, 0.1) is 31.6 Å². The van der Waals surface area contributed by atoms with E-state index in [0.29, 0.717) is 43.1 Å². The molecule has 0 spiro atoms. The van der Waals surface area contributed by atoms with Crippen LogP contribution in [0.15, 0.2) is 47.7 Å². The van der Waals surface area contributed by atoms with Crippen molar-refractivity contribution >= 4 is 29.6 Å². The smallest absolute Gasteiger partial charge is 0.423 e. The zero-order valence-corrected chi connectivity index (χ0v) is 23.2. The van der Waals surface area contributed by atoms with E-state index >= 15 is 0 Å². The van der Waals surface area contributed by atoms with Gasteiger partial charge >= 0.3 is 6.09 Å². The number of hydrogen-bond donors (Lipinski definition) is 1. The molecule has 9 heteroatoms. The third kappa shape index (κ3) is 4.95. The second kappa shape index (κ2) is 11.3. The molecule has 5 rings (SSSR count). The number of benzene rings is 1. The number of aromatic hydroxyl groups is 1. The number of aromatic nitrogens is 1. The average Bonchev–Trinajstić information content (AvgIpc) is 3.48. The van der Waals surface area contributed by atoms with E-state index in [1.807, 2.05) is 44.2 Å². The van der Waals surface area contributed by atoms with Crippen molar-refractivity contribution in [2.24, 2.45) is 17.8 Å². The SMILES string of the molecule is COCC1=C2[C@@H](CC/C(=C/c3cc(C)c(O)c(C)c3)c3ccccn3)OC[C@@H]2[C@@H]2C(=O)N(C(=O)OC)C(=O)[C@@H]2C1. The van der Waals surface area contributed by atoms with E-state index < -0.39 is 29.7 Å². The minimum absolute atomic E-state index is 0.262. The number of imide groups is 3. The van der Waals surface area contributed by atoms with Crippen molar-refractivity contribution in [3.63, 3.8) is 0 Å². The lowest BCUT2D eigenvalue weighted by Crippen LogP contribution is -2.38. The Hall–Kier alpha value is -3.82. The Morgan fingerprint density at radius 2 is 1.90 bits per heavy atom. The highest BCUT2D eigenvalue weighted by atomic mass is 16.5. The second-order valence-corrected chi connectivity index (χ2v) is 10.7. The molecule has 0 bridgehead atoms. The summed E-state index contributed by atoms with van der Waals surface area (Å²) in [6.45, 7) is 4.37. The summed E-state index contributed by atoms with van der Waals surface area (Å²) in [5.41, 5.74) is 6.40. The molecule has 1 N–H and O–H groups in total. The first-order valence-corrected chi connectivity index (χ1v) is 13.4. The van der Waals surface area contributed by atoms with E-state index in [1.165, 1.54) is 0 Å². The molecule has 40 heavy (non-hydrogen) atoms. The van der Waals surface area contributed by atoms with Gasteiger partial charge in [0, 0.05) is 19.2 Å². The molecule has 0 saturated carbocycles. The van der Waals surface area contributed by atoms with Crippen molar-refractivity contribution in [2.45, 2.75) is 39.2 Å². The Morgan fingerprint density at radius 3 is 2.55 bits per heavy atom. The van der Waals surface area contributed by atoms with Gasteiger partial charge in [0.15, 0.2) is 0 Å². The number of pyridine rings is 1. The maximum atomic E-state index is 13.3. The molecule has 1 aromatic heterocycles. The molecule has 3 heterocycles. The Bertz CT molecular complexity index is 1370. The third-order valence-corrected chi connectivity index (χ3v) is 8.21. The number of likely N-dealkylation sites (tertiary alicyclic amines) is 1. The number of hydrogen-bond acceptors (Lipinski definition) is 8. The number of allylic oxidation sites excluding steroid dienone is 1. The fraction of sp³-hybridized carbons (Fsp3) is 0.419. The van der Waals surface area contributed by atoms with Crippen LogP contribution in [0.1, 0.15) is 41.6 Å². The van der Waals surface area contributed by atoms with Gasteiger partial charge in [0.25, 0.3) is 0 Å². The number of phenolic OH excluding ortho intramolecular Hbond substituents is 1. The van der Waals surface area contributed by atoms with Crippen molar-refractivity contribution < 1.29 is 33.7 Å². The molecule has 4 atom stereocenters. The largest absolute Gasteiger partial charge is 0.507 e. The highest BCUT2D eigenvalue weighted by Crippen LogP contribution is 2.50. The Kier molecular flexibility index (Phi) is 7.87. The maximum absolute atomic E-state index is 13.3. The lowest BCUT2D eigenvalue weighted by Gasteiger charge is -2.31. The molecule has 2 aliphatic heterocycles. The quantitative estimate of drug-likeness (QED) is 0.400. The molecule has 210 valence electrons. The first-order valence-electron chi connectivity index (χ1n) is 13.4. The van der Waals surface area contributed by atoms with Crippen LogP contribution in [0.25, 0.3) is 11.6 Å². The summed E-state index contributed by atoms with van der Waals surface area (Å²) in [6.07, 6.45) is 4.26. The molecular weight excluding hydrogens is 512 g/mol. The summed E-state index contributed by atoms with van der Waals surface area (Å²) < 4.78 is 16.5. The fourth-order valence-electron chi connectivity index (χ4n) is 6.44. The summed E-state index contributed by atoms with van der Waals surface area (Å²) in [5, 5.41) is 10.2. The van der Waals surface area contributed by atoms with Crippen LogP contribution in [0.3, 0.4) is 0 Å². The van der Waals surface area contributed by atoms with Crippen LogP contribution in [0.4, 0.5) is 4.79 Å². The van der Waals surface area contributed by atoms with Crippen molar-refractivity contribution in [3.05, 3.63) is 70.1 Å². The lowest BCUT2D eigenvalue weighted by atomic mass is 9.69. The van der Waals surface area contributed by atoms with Gasteiger partial charge in [0.1, 0.15) is 5.75 Å². The topological polar surface area (TPSA) is 115 Å². The van der Waals surface area contributed by atoms with E-state index in [4.69, 9.17) is 14.2 Å². The number of fused-ring (bicyclic) bond motifs is 3. The van der Waals surface area contributed by atoms with Crippen molar-refractivity contribution in [1.29, 1.82) is 0 Å². The minimum Gasteiger partial charge on any atom is -0.507 e. The van der Waals surface area contributed by atoms with Gasteiger partial charge in [-0.25, -0.2) is 4.79 Å². The zero-order chi connectivity index (χ0) is 28.6. The number of phenols is 1. The number of rotatable bonds is 7. The summed E-state index contributed by atoms with van der Waals surface area (Å²) in [7, 11) is 2.76. The van der Waals surface area contributed by atoms with E-state index in [2.05, 4.69) is 11.1 Å². The molecule has 0 radical (unpaired) electrons. The number of carbonyl (C=O) groups excluding carboxylic acids is 3. The second-order valence-electron chi connectivity index (χ2n) is 10.7. The number of amides is 3. The van der Waals surface area contributed by atoms with Crippen molar-refractivity contribution in [2.75, 3.05) is 27.4 Å². The van der Waals surface area contributed by atoms with E-state index in [9.17, 15) is 19.5 Å². The highest BCUT2D eigenvalue weighted by molar-refractivity contribution is 6.16. The number of methoxy groups -OCH3 is 2. The molecule has 2 fully saturated rings. The molecule has 2 saturated heterocycles. The summed E-state index contributed by atoms with van der Waals surface area (Å²) >= 11 is 0. The first-order chi connectivity index (χ1) is 19.2. The van der Waals surface area contributed by atoms with Crippen LogP contribution in [-0.2, 0) is 23.8 Å². The molecule has 0 unspecified atom stereocenters. The summed E-state index contributed by atoms with van der Waals surface area (Å²) in [4.78, 5) is 43.8. The number of carbonyl (C=O) groups is 3. The van der Waals surface area contributed by atoms with Crippen LogP contribution in [0.5, 0.6) is 5.75 Å². The maximum Gasteiger partial charge on any atom is 0.423 e. The predicted molar refractivity (Wildman–Crippen MR) is 147 cm³/mol. The van der Waals surface area contributed by atoms with Crippen LogP contribution in [0.2, 0.25) is 0 Å². The minimum atomic E-state index is -0.945. The van der Waals surface area contributed by atoms with Gasteiger partial charge in [-0.2, -0.15) is 4.90 Å². The van der Waals surface area contributed by atoms with E-state index in [-0.39, 0.29) is 12.0 Å². The molecule has 1 aromatic carbocycles. The molecular formula is C31H34N2O7. The zero-order valence-electron chi connectivity index (χ0n) is 23.2. The normalized spacial score (nSPS) is 24.4. The molecule has 2 aromatic rings. The third-order valence-electron chi connectivity index (χ3n) is 8.21. The monoisotopic (exact) mass is 546 g/mol. The fourth-order valence-corrected chi connectivity index (χ4v) is 6.44. The summed E-state index contributed by atoms with van der Waals surface area (Å²) in [5.74, 6) is -2.32. The lowest BCUT2D eigenvalue weighted by molar-refractivity contribution is -0.137. The van der Waals surface area contributed by atoms with Gasteiger partial charge < -0.3 is 19.3 Å². The van der Waals surface area contributed by atoms with E-state index in [1.54, 1.807) is 13.3 Å².